The van der Waals surface area contributed by atoms with Crippen molar-refractivity contribution in [3.8, 4) is 11.3 Å². The Bertz CT molecular complexity index is 953. The lowest BCUT2D eigenvalue weighted by Crippen LogP contribution is -2.42. The number of aromatic nitrogens is 1. The molecular formula is C21H21FN4O2. The molecule has 0 aliphatic carbocycles. The van der Waals surface area contributed by atoms with Gasteiger partial charge in [-0.25, -0.2) is 15.2 Å². The molecular weight excluding hydrogens is 359 g/mol. The number of nitrogens with zero attached hydrogens (tertiary/aromatic N) is 1. The summed E-state index contributed by atoms with van der Waals surface area (Å²) in [7, 11) is 0. The Balaban J connectivity index is 1.31. The standard InChI is InChI=1S/C21H21FN4O2/c1-13-2-4-15(5-3-13)20-10-17(26-28-20)12-23-21(27)19-11-18(24-25-19)14-6-8-16(22)9-7-14/h2-10,18-19,24-25H,11-12H2,1H3,(H,23,27). The van der Waals surface area contributed by atoms with E-state index in [0.29, 0.717) is 17.9 Å². The summed E-state index contributed by atoms with van der Waals surface area (Å²) in [5, 5.41) is 6.90. The van der Waals surface area contributed by atoms with Gasteiger partial charge in [-0.1, -0.05) is 47.1 Å². The molecule has 2 atom stereocenters. The van der Waals surface area contributed by atoms with Gasteiger partial charge >= 0.3 is 0 Å². The van der Waals surface area contributed by atoms with E-state index in [4.69, 9.17) is 4.52 Å². The zero-order valence-electron chi connectivity index (χ0n) is 15.4. The first kappa shape index (κ1) is 18.3. The van der Waals surface area contributed by atoms with Crippen molar-refractivity contribution in [3.05, 3.63) is 77.2 Å². The molecule has 7 heteroatoms. The molecule has 0 saturated carbocycles. The number of carbonyl (C=O) groups excluding carboxylic acids is 1. The Morgan fingerprint density at radius 1 is 1.18 bits per heavy atom. The van der Waals surface area contributed by atoms with Gasteiger partial charge in [-0.05, 0) is 31.0 Å². The van der Waals surface area contributed by atoms with Gasteiger partial charge in [0, 0.05) is 17.7 Å². The summed E-state index contributed by atoms with van der Waals surface area (Å²) in [5.41, 5.74) is 9.79. The minimum Gasteiger partial charge on any atom is -0.356 e. The molecule has 1 fully saturated rings. The van der Waals surface area contributed by atoms with E-state index in [1.807, 2.05) is 37.3 Å². The molecule has 0 spiro atoms. The molecule has 2 aromatic carbocycles. The Kier molecular flexibility index (Phi) is 5.18. The molecule has 1 amide bonds. The average molecular weight is 380 g/mol. The van der Waals surface area contributed by atoms with Gasteiger partial charge in [-0.3, -0.25) is 4.79 Å². The summed E-state index contributed by atoms with van der Waals surface area (Å²) in [5.74, 6) is 0.264. The van der Waals surface area contributed by atoms with Crippen molar-refractivity contribution >= 4 is 5.91 Å². The van der Waals surface area contributed by atoms with Crippen LogP contribution in [-0.4, -0.2) is 17.1 Å². The molecule has 4 rings (SSSR count). The minimum absolute atomic E-state index is 0.0449. The van der Waals surface area contributed by atoms with Gasteiger partial charge in [0.05, 0.1) is 6.54 Å². The van der Waals surface area contributed by atoms with Gasteiger partial charge in [0.1, 0.15) is 17.6 Å². The molecule has 3 N–H and O–H groups in total. The monoisotopic (exact) mass is 380 g/mol. The SMILES string of the molecule is Cc1ccc(-c2cc(CNC(=O)C3CC(c4ccc(F)cc4)NN3)no2)cc1. The number of hydrogen-bond donors (Lipinski definition) is 3. The molecule has 1 saturated heterocycles. The maximum Gasteiger partial charge on any atom is 0.238 e. The van der Waals surface area contributed by atoms with E-state index < -0.39 is 0 Å². The average Bonchev–Trinajstić information content (AvgIpc) is 3.37. The zero-order chi connectivity index (χ0) is 19.5. The Morgan fingerprint density at radius 2 is 1.93 bits per heavy atom. The smallest absolute Gasteiger partial charge is 0.238 e. The lowest BCUT2D eigenvalue weighted by atomic mass is 10.0. The van der Waals surface area contributed by atoms with Crippen LogP contribution in [0.1, 0.15) is 29.3 Å². The van der Waals surface area contributed by atoms with Gasteiger partial charge in [-0.2, -0.15) is 0 Å². The summed E-state index contributed by atoms with van der Waals surface area (Å²) in [6, 6.07) is 15.6. The van der Waals surface area contributed by atoms with E-state index >= 15 is 0 Å². The molecule has 1 aromatic heterocycles. The van der Waals surface area contributed by atoms with E-state index in [9.17, 15) is 9.18 Å². The second-order valence-corrected chi connectivity index (χ2v) is 6.95. The number of hydrazine groups is 1. The van der Waals surface area contributed by atoms with Crippen LogP contribution in [0.3, 0.4) is 0 Å². The first-order valence-electron chi connectivity index (χ1n) is 9.15. The number of hydrogen-bond acceptors (Lipinski definition) is 5. The van der Waals surface area contributed by atoms with E-state index in [1.165, 1.54) is 17.7 Å². The molecule has 3 aromatic rings. The van der Waals surface area contributed by atoms with Crippen molar-refractivity contribution in [2.45, 2.75) is 32.0 Å². The maximum atomic E-state index is 13.1. The summed E-state index contributed by atoms with van der Waals surface area (Å²) in [6.07, 6.45) is 0.574. The molecule has 0 bridgehead atoms. The summed E-state index contributed by atoms with van der Waals surface area (Å²) in [6.45, 7) is 2.31. The molecule has 1 aliphatic rings. The molecule has 144 valence electrons. The van der Waals surface area contributed by atoms with Crippen LogP contribution in [0.4, 0.5) is 4.39 Å². The summed E-state index contributed by atoms with van der Waals surface area (Å²) >= 11 is 0. The Hall–Kier alpha value is -3.03. The van der Waals surface area contributed by atoms with Crippen molar-refractivity contribution in [1.82, 2.24) is 21.3 Å². The fraction of sp³-hybridized carbons (Fsp3) is 0.238. The number of carbonyl (C=O) groups is 1. The number of nitrogens with one attached hydrogen (secondary N) is 3. The first-order chi connectivity index (χ1) is 13.6. The number of benzene rings is 2. The summed E-state index contributed by atoms with van der Waals surface area (Å²) in [4.78, 5) is 12.4. The molecule has 1 aliphatic heterocycles. The number of halogens is 1. The highest BCUT2D eigenvalue weighted by atomic mass is 19.1. The predicted molar refractivity (Wildman–Crippen MR) is 102 cm³/mol. The number of aryl methyl sites for hydroxylation is 1. The van der Waals surface area contributed by atoms with Gasteiger partial charge in [0.25, 0.3) is 0 Å². The van der Waals surface area contributed by atoms with Crippen molar-refractivity contribution in [3.63, 3.8) is 0 Å². The van der Waals surface area contributed by atoms with Crippen molar-refractivity contribution < 1.29 is 13.7 Å². The number of rotatable bonds is 5. The fourth-order valence-electron chi connectivity index (χ4n) is 3.19. The van der Waals surface area contributed by atoms with Crippen LogP contribution >= 0.6 is 0 Å². The largest absolute Gasteiger partial charge is 0.356 e. The Labute approximate surface area is 162 Å². The minimum atomic E-state index is -0.376. The zero-order valence-corrected chi connectivity index (χ0v) is 15.4. The third-order valence-electron chi connectivity index (χ3n) is 4.83. The molecule has 6 nitrogen and oxygen atoms in total. The van der Waals surface area contributed by atoms with Crippen LogP contribution in [0, 0.1) is 12.7 Å². The first-order valence-corrected chi connectivity index (χ1v) is 9.15. The van der Waals surface area contributed by atoms with E-state index in [2.05, 4.69) is 21.3 Å². The topological polar surface area (TPSA) is 79.2 Å². The highest BCUT2D eigenvalue weighted by molar-refractivity contribution is 5.82. The van der Waals surface area contributed by atoms with Crippen molar-refractivity contribution in [2.75, 3.05) is 0 Å². The third-order valence-corrected chi connectivity index (χ3v) is 4.83. The maximum absolute atomic E-state index is 13.1. The van der Waals surface area contributed by atoms with Crippen molar-refractivity contribution in [1.29, 1.82) is 0 Å². The number of amides is 1. The quantitative estimate of drug-likeness (QED) is 0.634. The van der Waals surface area contributed by atoms with Crippen LogP contribution < -0.4 is 16.2 Å². The van der Waals surface area contributed by atoms with Crippen molar-refractivity contribution in [2.24, 2.45) is 0 Å². The van der Waals surface area contributed by atoms with Crippen LogP contribution in [0.2, 0.25) is 0 Å². The fourth-order valence-corrected chi connectivity index (χ4v) is 3.19. The lowest BCUT2D eigenvalue weighted by molar-refractivity contribution is -0.123. The highest BCUT2D eigenvalue weighted by Crippen LogP contribution is 2.23. The molecule has 0 radical (unpaired) electrons. The molecule has 2 unspecified atom stereocenters. The van der Waals surface area contributed by atoms with E-state index in [1.54, 1.807) is 12.1 Å². The molecule has 28 heavy (non-hydrogen) atoms. The Morgan fingerprint density at radius 3 is 2.68 bits per heavy atom. The summed E-state index contributed by atoms with van der Waals surface area (Å²) < 4.78 is 18.4. The lowest BCUT2D eigenvalue weighted by Gasteiger charge is -2.10. The predicted octanol–water partition coefficient (Wildman–Crippen LogP) is 3.01. The van der Waals surface area contributed by atoms with Gasteiger partial charge in [0.15, 0.2) is 5.76 Å². The molecule has 2 heterocycles. The second-order valence-electron chi connectivity index (χ2n) is 6.95. The van der Waals surface area contributed by atoms with Gasteiger partial charge in [0.2, 0.25) is 5.91 Å². The van der Waals surface area contributed by atoms with Crippen LogP contribution in [0.15, 0.2) is 59.1 Å². The second kappa shape index (κ2) is 7.92. The highest BCUT2D eigenvalue weighted by Gasteiger charge is 2.30. The van der Waals surface area contributed by atoms with Gasteiger partial charge in [-0.15, -0.1) is 0 Å². The van der Waals surface area contributed by atoms with Crippen LogP contribution in [-0.2, 0) is 11.3 Å². The normalized spacial score (nSPS) is 18.9. The van der Waals surface area contributed by atoms with E-state index in [-0.39, 0.29) is 30.4 Å². The third kappa shape index (κ3) is 4.11. The van der Waals surface area contributed by atoms with E-state index in [0.717, 1.165) is 11.1 Å². The van der Waals surface area contributed by atoms with Gasteiger partial charge < -0.3 is 9.84 Å². The van der Waals surface area contributed by atoms with Crippen LogP contribution in [0.5, 0.6) is 0 Å². The van der Waals surface area contributed by atoms with Crippen LogP contribution in [0.25, 0.3) is 11.3 Å².